The van der Waals surface area contributed by atoms with Crippen LogP contribution >= 0.6 is 0 Å². The average molecular weight is 348 g/mol. The summed E-state index contributed by atoms with van der Waals surface area (Å²) in [5, 5.41) is 6.74. The van der Waals surface area contributed by atoms with Crippen molar-refractivity contribution in [3.8, 4) is 0 Å². The lowest BCUT2D eigenvalue weighted by Crippen LogP contribution is -2.34. The second-order valence-electron chi connectivity index (χ2n) is 5.84. The average Bonchev–Trinajstić information content (AvgIpc) is 3.13. The predicted octanol–water partition coefficient (Wildman–Crippen LogP) is 1.86. The van der Waals surface area contributed by atoms with Crippen LogP contribution in [0, 0.1) is 5.82 Å². The number of aromatic amines is 1. The van der Waals surface area contributed by atoms with Crippen molar-refractivity contribution in [2.75, 3.05) is 24.6 Å². The van der Waals surface area contributed by atoms with Crippen molar-refractivity contribution in [1.82, 2.24) is 25.1 Å². The molecular weight excluding hydrogens is 327 g/mol. The Bertz CT molecular complexity index is 742. The van der Waals surface area contributed by atoms with E-state index < -0.39 is 5.97 Å². The summed E-state index contributed by atoms with van der Waals surface area (Å²) in [6.07, 6.45) is 3.47. The van der Waals surface area contributed by atoms with Crippen molar-refractivity contribution in [3.05, 3.63) is 29.5 Å². The summed E-state index contributed by atoms with van der Waals surface area (Å²) < 4.78 is 19.3. The van der Waals surface area contributed by atoms with E-state index in [1.807, 2.05) is 11.8 Å². The van der Waals surface area contributed by atoms with Crippen LogP contribution in [0.3, 0.4) is 0 Å². The number of esters is 1. The molecule has 0 saturated carbocycles. The van der Waals surface area contributed by atoms with Crippen LogP contribution in [-0.2, 0) is 11.2 Å². The molecule has 1 aliphatic heterocycles. The Morgan fingerprint density at radius 2 is 2.12 bits per heavy atom. The fraction of sp³-hybridized carbons (Fsp3) is 0.562. The zero-order chi connectivity index (χ0) is 17.8. The lowest BCUT2D eigenvalue weighted by molar-refractivity contribution is 0.0512. The first-order valence-electron chi connectivity index (χ1n) is 8.47. The molecule has 3 heterocycles. The highest BCUT2D eigenvalue weighted by Crippen LogP contribution is 2.29. The van der Waals surface area contributed by atoms with Gasteiger partial charge in [0.1, 0.15) is 12.2 Å². The topological polar surface area (TPSA) is 96.9 Å². The smallest absolute Gasteiger partial charge is 0.378 e. The SMILES string of the molecule is CCOC(=O)c1n[nH]c(C2CCN(c3ncnc(CC)c3F)CC2)n1. The van der Waals surface area contributed by atoms with E-state index in [1.165, 1.54) is 6.33 Å². The Morgan fingerprint density at radius 3 is 2.80 bits per heavy atom. The molecule has 1 aliphatic rings. The third kappa shape index (κ3) is 3.59. The number of hydrogen-bond donors (Lipinski definition) is 1. The maximum absolute atomic E-state index is 14.4. The molecule has 0 spiro atoms. The van der Waals surface area contributed by atoms with Gasteiger partial charge in [-0.25, -0.2) is 24.1 Å². The first-order valence-corrected chi connectivity index (χ1v) is 8.47. The Morgan fingerprint density at radius 1 is 1.36 bits per heavy atom. The number of hydrogen-bond acceptors (Lipinski definition) is 7. The summed E-state index contributed by atoms with van der Waals surface area (Å²) in [6.45, 7) is 5.18. The van der Waals surface area contributed by atoms with E-state index in [9.17, 15) is 9.18 Å². The van der Waals surface area contributed by atoms with Gasteiger partial charge in [-0.1, -0.05) is 6.92 Å². The standard InChI is InChI=1S/C16H21FN6O2/c1-3-11-12(17)15(19-9-18-11)23-7-5-10(6-8-23)13-20-14(22-21-13)16(24)25-4-2/h9-10H,3-8H2,1-2H3,(H,20,21,22). The van der Waals surface area contributed by atoms with Crippen molar-refractivity contribution in [2.45, 2.75) is 39.0 Å². The number of anilines is 1. The van der Waals surface area contributed by atoms with Gasteiger partial charge >= 0.3 is 5.97 Å². The van der Waals surface area contributed by atoms with Crippen molar-refractivity contribution in [3.63, 3.8) is 0 Å². The van der Waals surface area contributed by atoms with Gasteiger partial charge in [-0.05, 0) is 26.2 Å². The van der Waals surface area contributed by atoms with Crippen molar-refractivity contribution in [1.29, 1.82) is 0 Å². The lowest BCUT2D eigenvalue weighted by atomic mass is 9.96. The maximum Gasteiger partial charge on any atom is 0.378 e. The minimum atomic E-state index is -0.530. The second kappa shape index (κ2) is 7.54. The summed E-state index contributed by atoms with van der Waals surface area (Å²) in [5.41, 5.74) is 0.432. The number of carbonyl (C=O) groups excluding carboxylic acids is 1. The fourth-order valence-corrected chi connectivity index (χ4v) is 2.97. The molecule has 9 heteroatoms. The lowest BCUT2D eigenvalue weighted by Gasteiger charge is -2.32. The molecule has 8 nitrogen and oxygen atoms in total. The van der Waals surface area contributed by atoms with Gasteiger partial charge in [-0.2, -0.15) is 0 Å². The number of rotatable bonds is 5. The normalized spacial score (nSPS) is 15.4. The Kier molecular flexibility index (Phi) is 5.20. The molecule has 0 unspecified atom stereocenters. The number of ether oxygens (including phenoxy) is 1. The van der Waals surface area contributed by atoms with Gasteiger partial charge in [0.2, 0.25) is 0 Å². The van der Waals surface area contributed by atoms with Crippen LogP contribution in [0.2, 0.25) is 0 Å². The fourth-order valence-electron chi connectivity index (χ4n) is 2.97. The van der Waals surface area contributed by atoms with E-state index in [0.717, 1.165) is 12.8 Å². The van der Waals surface area contributed by atoms with Gasteiger partial charge in [0, 0.05) is 19.0 Å². The highest BCUT2D eigenvalue weighted by atomic mass is 19.1. The molecule has 134 valence electrons. The minimum absolute atomic E-state index is 0.0497. The van der Waals surface area contributed by atoms with Crippen molar-refractivity contribution >= 4 is 11.8 Å². The van der Waals surface area contributed by atoms with E-state index in [1.54, 1.807) is 6.92 Å². The van der Waals surface area contributed by atoms with E-state index in [2.05, 4.69) is 25.1 Å². The molecule has 0 aliphatic carbocycles. The largest absolute Gasteiger partial charge is 0.460 e. The summed E-state index contributed by atoms with van der Waals surface area (Å²) in [4.78, 5) is 25.9. The zero-order valence-electron chi connectivity index (χ0n) is 14.3. The van der Waals surface area contributed by atoms with Crippen LogP contribution in [0.5, 0.6) is 0 Å². The molecule has 1 N–H and O–H groups in total. The van der Waals surface area contributed by atoms with Crippen LogP contribution in [0.1, 0.15) is 54.7 Å². The Hall–Kier alpha value is -2.58. The molecule has 0 bridgehead atoms. The monoisotopic (exact) mass is 348 g/mol. The highest BCUT2D eigenvalue weighted by molar-refractivity contribution is 5.84. The van der Waals surface area contributed by atoms with Gasteiger partial charge in [0.05, 0.1) is 12.3 Å². The second-order valence-corrected chi connectivity index (χ2v) is 5.84. The van der Waals surface area contributed by atoms with E-state index in [4.69, 9.17) is 4.74 Å². The van der Waals surface area contributed by atoms with Gasteiger partial charge in [-0.15, -0.1) is 5.10 Å². The molecule has 1 fully saturated rings. The minimum Gasteiger partial charge on any atom is -0.460 e. The molecule has 0 amide bonds. The quantitative estimate of drug-likeness (QED) is 0.824. The van der Waals surface area contributed by atoms with Crippen LogP contribution in [0.15, 0.2) is 6.33 Å². The van der Waals surface area contributed by atoms with Gasteiger partial charge in [0.15, 0.2) is 11.6 Å². The molecular formula is C16H21FN6O2. The number of nitrogens with zero attached hydrogens (tertiary/aromatic N) is 5. The molecule has 0 radical (unpaired) electrons. The van der Waals surface area contributed by atoms with E-state index >= 15 is 0 Å². The van der Waals surface area contributed by atoms with Crippen LogP contribution in [0.4, 0.5) is 10.2 Å². The molecule has 25 heavy (non-hydrogen) atoms. The maximum atomic E-state index is 14.4. The van der Waals surface area contributed by atoms with Gasteiger partial charge < -0.3 is 9.64 Å². The third-order valence-corrected chi connectivity index (χ3v) is 4.32. The van der Waals surface area contributed by atoms with Crippen LogP contribution in [-0.4, -0.2) is 50.8 Å². The molecule has 3 rings (SSSR count). The first kappa shape index (κ1) is 17.2. The number of aryl methyl sites for hydroxylation is 1. The number of aromatic nitrogens is 5. The molecule has 0 aromatic carbocycles. The number of H-pyrrole nitrogens is 1. The first-order chi connectivity index (χ1) is 12.1. The predicted molar refractivity (Wildman–Crippen MR) is 87.9 cm³/mol. The number of nitrogens with one attached hydrogen (secondary N) is 1. The van der Waals surface area contributed by atoms with Crippen LogP contribution < -0.4 is 4.90 Å². The summed E-state index contributed by atoms with van der Waals surface area (Å²) in [7, 11) is 0. The number of piperidine rings is 1. The Labute approximate surface area is 144 Å². The van der Waals surface area contributed by atoms with Crippen LogP contribution in [0.25, 0.3) is 0 Å². The molecule has 1 saturated heterocycles. The number of halogens is 1. The molecule has 2 aromatic heterocycles. The zero-order valence-corrected chi connectivity index (χ0v) is 14.3. The summed E-state index contributed by atoms with van der Waals surface area (Å²) in [5.74, 6) is 0.344. The number of carbonyl (C=O) groups is 1. The Balaban J connectivity index is 1.65. The summed E-state index contributed by atoms with van der Waals surface area (Å²) in [6, 6.07) is 0. The van der Waals surface area contributed by atoms with Gasteiger partial charge in [0.25, 0.3) is 5.82 Å². The van der Waals surface area contributed by atoms with E-state index in [-0.39, 0.29) is 24.2 Å². The third-order valence-electron chi connectivity index (χ3n) is 4.32. The molecule has 2 aromatic rings. The van der Waals surface area contributed by atoms with E-state index in [0.29, 0.717) is 36.8 Å². The highest BCUT2D eigenvalue weighted by Gasteiger charge is 2.27. The van der Waals surface area contributed by atoms with Gasteiger partial charge in [-0.3, -0.25) is 5.10 Å². The van der Waals surface area contributed by atoms with Crippen molar-refractivity contribution in [2.24, 2.45) is 0 Å². The molecule has 0 atom stereocenters. The van der Waals surface area contributed by atoms with Crippen molar-refractivity contribution < 1.29 is 13.9 Å². The summed E-state index contributed by atoms with van der Waals surface area (Å²) >= 11 is 0.